The maximum Gasteiger partial charge on any atom is 0.202 e. The van der Waals surface area contributed by atoms with Crippen molar-refractivity contribution in [3.63, 3.8) is 0 Å². The first-order chi connectivity index (χ1) is 8.25. The fourth-order valence-electron chi connectivity index (χ4n) is 2.05. The van der Waals surface area contributed by atoms with Gasteiger partial charge in [-0.25, -0.2) is 4.98 Å². The predicted octanol–water partition coefficient (Wildman–Crippen LogP) is 2.56. The highest BCUT2D eigenvalue weighted by molar-refractivity contribution is 7.09. The van der Waals surface area contributed by atoms with E-state index in [-0.39, 0.29) is 0 Å². The summed E-state index contributed by atoms with van der Waals surface area (Å²) in [6, 6.07) is 0. The first-order valence-corrected chi connectivity index (χ1v) is 7.33. The summed E-state index contributed by atoms with van der Waals surface area (Å²) < 4.78 is 4.33. The van der Waals surface area contributed by atoms with E-state index in [9.17, 15) is 0 Å². The first kappa shape index (κ1) is 12.8. The van der Waals surface area contributed by atoms with Gasteiger partial charge >= 0.3 is 0 Å². The van der Waals surface area contributed by atoms with Crippen molar-refractivity contribution >= 4 is 16.7 Å². The van der Waals surface area contributed by atoms with Crippen molar-refractivity contribution < 1.29 is 0 Å². The fraction of sp³-hybridized carbons (Fsp3) is 0.833. The summed E-state index contributed by atoms with van der Waals surface area (Å²) in [4.78, 5) is 7.00. The Morgan fingerprint density at radius 3 is 2.76 bits per heavy atom. The minimum Gasteiger partial charge on any atom is -0.360 e. The monoisotopic (exact) mass is 254 g/mol. The number of rotatable bonds is 6. The molecule has 1 aromatic heterocycles. The van der Waals surface area contributed by atoms with Gasteiger partial charge in [-0.3, -0.25) is 0 Å². The van der Waals surface area contributed by atoms with Crippen molar-refractivity contribution in [3.05, 3.63) is 5.82 Å². The van der Waals surface area contributed by atoms with Crippen LogP contribution in [0.5, 0.6) is 0 Å². The van der Waals surface area contributed by atoms with E-state index >= 15 is 0 Å². The zero-order valence-corrected chi connectivity index (χ0v) is 11.6. The summed E-state index contributed by atoms with van der Waals surface area (Å²) >= 11 is 1.47. The van der Waals surface area contributed by atoms with Gasteiger partial charge in [0.1, 0.15) is 5.82 Å². The maximum absolute atomic E-state index is 4.46. The second-order valence-corrected chi connectivity index (χ2v) is 5.69. The van der Waals surface area contributed by atoms with E-state index < -0.39 is 0 Å². The van der Waals surface area contributed by atoms with Crippen LogP contribution in [0.25, 0.3) is 0 Å². The average molecular weight is 254 g/mol. The summed E-state index contributed by atoms with van der Waals surface area (Å²) in [5.41, 5.74) is 0. The van der Waals surface area contributed by atoms with Crippen LogP contribution in [0, 0.1) is 0 Å². The molecule has 0 radical (unpaired) electrons. The molecule has 96 valence electrons. The van der Waals surface area contributed by atoms with Crippen molar-refractivity contribution in [3.8, 4) is 0 Å². The van der Waals surface area contributed by atoms with Crippen LogP contribution in [0.2, 0.25) is 0 Å². The van der Waals surface area contributed by atoms with E-state index in [0.29, 0.717) is 5.92 Å². The van der Waals surface area contributed by atoms with Gasteiger partial charge in [0.2, 0.25) is 5.13 Å². The minimum absolute atomic E-state index is 0.423. The number of nitrogens with zero attached hydrogens (tertiary/aromatic N) is 3. The van der Waals surface area contributed by atoms with Crippen LogP contribution < -0.4 is 5.32 Å². The van der Waals surface area contributed by atoms with Crippen molar-refractivity contribution in [1.29, 1.82) is 0 Å². The standard InChI is InChI=1S/C12H22N4S/c1-10(2)11-14-12(17-15-11)13-6-5-9-16-7-3-4-8-16/h10H,3-9H2,1-2H3,(H,13,14,15). The number of anilines is 1. The molecule has 0 bridgehead atoms. The van der Waals surface area contributed by atoms with Crippen LogP contribution in [0.3, 0.4) is 0 Å². The van der Waals surface area contributed by atoms with Crippen molar-refractivity contribution in [2.75, 3.05) is 31.5 Å². The highest BCUT2D eigenvalue weighted by Gasteiger charge is 2.10. The molecule has 5 heteroatoms. The molecule has 0 aliphatic carbocycles. The Bertz CT molecular complexity index is 331. The van der Waals surface area contributed by atoms with Crippen molar-refractivity contribution in [1.82, 2.24) is 14.3 Å². The lowest BCUT2D eigenvalue weighted by atomic mass is 10.2. The van der Waals surface area contributed by atoms with Crippen LogP contribution in [-0.2, 0) is 0 Å². The Morgan fingerprint density at radius 1 is 1.35 bits per heavy atom. The fourth-order valence-corrected chi connectivity index (χ4v) is 2.78. The second kappa shape index (κ2) is 6.31. The lowest BCUT2D eigenvalue weighted by molar-refractivity contribution is 0.337. The average Bonchev–Trinajstić information content (AvgIpc) is 2.96. The van der Waals surface area contributed by atoms with Gasteiger partial charge in [-0.05, 0) is 38.9 Å². The lowest BCUT2D eigenvalue weighted by Gasteiger charge is -2.13. The molecule has 0 amide bonds. The molecule has 1 N–H and O–H groups in total. The quantitative estimate of drug-likeness (QED) is 0.792. The molecule has 1 fully saturated rings. The van der Waals surface area contributed by atoms with Gasteiger partial charge in [-0.2, -0.15) is 4.37 Å². The molecule has 1 aliphatic heterocycles. The molecule has 2 rings (SSSR count). The second-order valence-electron chi connectivity index (χ2n) is 4.94. The van der Waals surface area contributed by atoms with Gasteiger partial charge in [0.05, 0.1) is 0 Å². The number of hydrogen-bond acceptors (Lipinski definition) is 5. The van der Waals surface area contributed by atoms with Gasteiger partial charge < -0.3 is 10.2 Å². The van der Waals surface area contributed by atoms with Gasteiger partial charge in [0.15, 0.2) is 0 Å². The minimum atomic E-state index is 0.423. The number of likely N-dealkylation sites (tertiary alicyclic amines) is 1. The number of aromatic nitrogens is 2. The van der Waals surface area contributed by atoms with E-state index in [1.54, 1.807) is 0 Å². The van der Waals surface area contributed by atoms with Crippen LogP contribution >= 0.6 is 11.5 Å². The van der Waals surface area contributed by atoms with E-state index in [1.807, 2.05) is 0 Å². The Labute approximate surface area is 108 Å². The normalized spacial score (nSPS) is 16.9. The SMILES string of the molecule is CC(C)c1nsc(NCCCN2CCCC2)n1. The summed E-state index contributed by atoms with van der Waals surface area (Å²) in [5, 5.41) is 4.33. The molecule has 2 heterocycles. The number of hydrogen-bond donors (Lipinski definition) is 1. The smallest absolute Gasteiger partial charge is 0.202 e. The molecule has 17 heavy (non-hydrogen) atoms. The van der Waals surface area contributed by atoms with E-state index in [4.69, 9.17) is 0 Å². The molecule has 0 aromatic carbocycles. The van der Waals surface area contributed by atoms with Crippen molar-refractivity contribution in [2.24, 2.45) is 0 Å². The van der Waals surface area contributed by atoms with Crippen LogP contribution in [0.4, 0.5) is 5.13 Å². The van der Waals surface area contributed by atoms with Crippen molar-refractivity contribution in [2.45, 2.75) is 39.0 Å². The van der Waals surface area contributed by atoms with E-state index in [1.165, 1.54) is 50.4 Å². The summed E-state index contributed by atoms with van der Waals surface area (Å²) in [6.45, 7) is 9.04. The molecule has 1 aromatic rings. The van der Waals surface area contributed by atoms with E-state index in [0.717, 1.165) is 17.5 Å². The summed E-state index contributed by atoms with van der Waals surface area (Å²) in [7, 11) is 0. The van der Waals surface area contributed by atoms with Gasteiger partial charge in [0, 0.05) is 24.0 Å². The lowest BCUT2D eigenvalue weighted by Crippen LogP contribution is -2.22. The highest BCUT2D eigenvalue weighted by atomic mass is 32.1. The number of nitrogens with one attached hydrogen (secondary N) is 1. The summed E-state index contributed by atoms with van der Waals surface area (Å²) in [5.74, 6) is 1.38. The molecule has 1 saturated heterocycles. The summed E-state index contributed by atoms with van der Waals surface area (Å²) in [6.07, 6.45) is 3.94. The Balaban J connectivity index is 1.63. The molecule has 4 nitrogen and oxygen atoms in total. The molecule has 0 spiro atoms. The Hall–Kier alpha value is -0.680. The van der Waals surface area contributed by atoms with Crippen LogP contribution in [0.1, 0.15) is 44.9 Å². The molecule has 0 atom stereocenters. The van der Waals surface area contributed by atoms with Gasteiger partial charge in [-0.15, -0.1) is 0 Å². The third-order valence-electron chi connectivity index (χ3n) is 3.08. The largest absolute Gasteiger partial charge is 0.360 e. The molecule has 0 saturated carbocycles. The molecular weight excluding hydrogens is 232 g/mol. The predicted molar refractivity (Wildman–Crippen MR) is 72.8 cm³/mol. The maximum atomic E-state index is 4.46. The third-order valence-corrected chi connectivity index (χ3v) is 3.77. The van der Waals surface area contributed by atoms with Crippen LogP contribution in [0.15, 0.2) is 0 Å². The van der Waals surface area contributed by atoms with Crippen LogP contribution in [-0.4, -0.2) is 40.4 Å². The zero-order chi connectivity index (χ0) is 12.1. The van der Waals surface area contributed by atoms with Gasteiger partial charge in [0.25, 0.3) is 0 Å². The Kier molecular flexibility index (Phi) is 4.74. The Morgan fingerprint density at radius 2 is 2.12 bits per heavy atom. The topological polar surface area (TPSA) is 41.1 Å². The third kappa shape index (κ3) is 3.92. The first-order valence-electron chi connectivity index (χ1n) is 6.55. The highest BCUT2D eigenvalue weighted by Crippen LogP contribution is 2.17. The molecule has 1 aliphatic rings. The van der Waals surface area contributed by atoms with Gasteiger partial charge in [-0.1, -0.05) is 13.8 Å². The molecular formula is C12H22N4S. The zero-order valence-electron chi connectivity index (χ0n) is 10.8. The molecule has 0 unspecified atom stereocenters. The van der Waals surface area contributed by atoms with E-state index in [2.05, 4.69) is 33.4 Å².